The molecular weight excluding hydrogens is 264 g/mol. The first-order chi connectivity index (χ1) is 9.54. The Morgan fingerprint density at radius 2 is 2.10 bits per heavy atom. The van der Waals surface area contributed by atoms with Crippen LogP contribution >= 0.6 is 0 Å². The van der Waals surface area contributed by atoms with Gasteiger partial charge in [0.1, 0.15) is 0 Å². The van der Waals surface area contributed by atoms with E-state index in [1.165, 1.54) is 0 Å². The monoisotopic (exact) mass is 280 g/mol. The van der Waals surface area contributed by atoms with Gasteiger partial charge in [-0.05, 0) is 24.6 Å². The lowest BCUT2D eigenvalue weighted by Crippen LogP contribution is -2.41. The van der Waals surface area contributed by atoms with Crippen molar-refractivity contribution in [2.45, 2.75) is 25.9 Å². The Morgan fingerprint density at radius 1 is 1.35 bits per heavy atom. The zero-order valence-electron chi connectivity index (χ0n) is 11.0. The summed E-state index contributed by atoms with van der Waals surface area (Å²) in [5.41, 5.74) is 0.871. The lowest BCUT2D eigenvalue weighted by molar-refractivity contribution is -0.137. The van der Waals surface area contributed by atoms with Crippen LogP contribution in [0.25, 0.3) is 0 Å². The van der Waals surface area contributed by atoms with Gasteiger partial charge in [-0.2, -0.15) is 0 Å². The molecule has 1 aromatic carbocycles. The minimum absolute atomic E-state index is 0.114. The van der Waals surface area contributed by atoms with Crippen molar-refractivity contribution in [3.05, 3.63) is 23.8 Å². The van der Waals surface area contributed by atoms with E-state index < -0.39 is 18.0 Å². The Labute approximate surface area is 115 Å². The van der Waals surface area contributed by atoms with Crippen LogP contribution < -0.4 is 20.1 Å². The fourth-order valence-corrected chi connectivity index (χ4v) is 1.82. The number of rotatable bonds is 5. The molecule has 0 saturated heterocycles. The molecule has 3 N–H and O–H groups in total. The third kappa shape index (κ3) is 3.78. The highest BCUT2D eigenvalue weighted by atomic mass is 16.7. The highest BCUT2D eigenvalue weighted by molar-refractivity contribution is 5.75. The van der Waals surface area contributed by atoms with Crippen molar-refractivity contribution in [2.75, 3.05) is 6.79 Å². The molecule has 0 radical (unpaired) electrons. The molecule has 0 fully saturated rings. The van der Waals surface area contributed by atoms with Gasteiger partial charge >= 0.3 is 12.0 Å². The van der Waals surface area contributed by atoms with Crippen LogP contribution in [-0.4, -0.2) is 29.9 Å². The van der Waals surface area contributed by atoms with Crippen LogP contribution in [0.5, 0.6) is 11.5 Å². The first kappa shape index (κ1) is 14.0. The molecular formula is C13H16N2O5. The van der Waals surface area contributed by atoms with Crippen LogP contribution in [-0.2, 0) is 11.3 Å². The number of hydrogen-bond donors (Lipinski definition) is 3. The lowest BCUT2D eigenvalue weighted by Gasteiger charge is -2.12. The van der Waals surface area contributed by atoms with Crippen molar-refractivity contribution in [3.63, 3.8) is 0 Å². The van der Waals surface area contributed by atoms with Crippen molar-refractivity contribution in [2.24, 2.45) is 0 Å². The van der Waals surface area contributed by atoms with Gasteiger partial charge in [0.25, 0.3) is 0 Å². The number of aliphatic carboxylic acids is 1. The third-order valence-corrected chi connectivity index (χ3v) is 2.75. The second kappa shape index (κ2) is 6.14. The van der Waals surface area contributed by atoms with Gasteiger partial charge in [0.15, 0.2) is 11.5 Å². The number of amides is 2. The van der Waals surface area contributed by atoms with Crippen LogP contribution in [0.2, 0.25) is 0 Å². The highest BCUT2D eigenvalue weighted by Gasteiger charge is 2.14. The molecule has 108 valence electrons. The fraction of sp³-hybridized carbons (Fsp3) is 0.385. The summed E-state index contributed by atoms with van der Waals surface area (Å²) in [4.78, 5) is 22.1. The number of nitrogens with one attached hydrogen (secondary N) is 2. The summed E-state index contributed by atoms with van der Waals surface area (Å²) in [6.07, 6.45) is -0.114. The average molecular weight is 280 g/mol. The number of carbonyl (C=O) groups excluding carboxylic acids is 1. The van der Waals surface area contributed by atoms with E-state index in [1.54, 1.807) is 19.1 Å². The molecule has 1 aliphatic heterocycles. The molecule has 1 atom stereocenters. The average Bonchev–Trinajstić information content (AvgIpc) is 2.82. The maximum Gasteiger partial charge on any atom is 0.315 e. The number of ether oxygens (including phenoxy) is 2. The molecule has 0 aromatic heterocycles. The van der Waals surface area contributed by atoms with E-state index in [0.717, 1.165) is 5.56 Å². The Kier molecular flexibility index (Phi) is 4.29. The molecule has 0 aliphatic carbocycles. The molecule has 1 unspecified atom stereocenters. The summed E-state index contributed by atoms with van der Waals surface area (Å²) < 4.78 is 10.4. The summed E-state index contributed by atoms with van der Waals surface area (Å²) in [6, 6.07) is 4.57. The van der Waals surface area contributed by atoms with Crippen molar-refractivity contribution < 1.29 is 24.2 Å². The Hall–Kier alpha value is -2.44. The Morgan fingerprint density at radius 3 is 2.85 bits per heavy atom. The quantitative estimate of drug-likeness (QED) is 0.750. The molecule has 0 bridgehead atoms. The molecule has 0 spiro atoms. The normalized spacial score (nSPS) is 13.7. The Bertz CT molecular complexity index is 517. The van der Waals surface area contributed by atoms with Crippen LogP contribution in [0.3, 0.4) is 0 Å². The molecule has 0 saturated carbocycles. The van der Waals surface area contributed by atoms with Gasteiger partial charge in [0.2, 0.25) is 6.79 Å². The van der Waals surface area contributed by atoms with E-state index in [9.17, 15) is 9.59 Å². The minimum atomic E-state index is -0.950. The van der Waals surface area contributed by atoms with E-state index in [-0.39, 0.29) is 13.2 Å². The summed E-state index contributed by atoms with van der Waals surface area (Å²) in [5.74, 6) is 0.394. The van der Waals surface area contributed by atoms with Gasteiger partial charge in [0, 0.05) is 12.6 Å². The second-order valence-electron chi connectivity index (χ2n) is 4.51. The predicted molar refractivity (Wildman–Crippen MR) is 69.7 cm³/mol. The number of fused-ring (bicyclic) bond motifs is 1. The summed E-state index contributed by atoms with van der Waals surface area (Å²) in [5, 5.41) is 13.8. The molecule has 7 nitrogen and oxygen atoms in total. The molecule has 2 amide bonds. The number of carboxylic acids is 1. The van der Waals surface area contributed by atoms with Gasteiger partial charge in [-0.1, -0.05) is 6.07 Å². The summed E-state index contributed by atoms with van der Waals surface area (Å²) in [6.45, 7) is 2.16. The lowest BCUT2D eigenvalue weighted by atomic mass is 10.2. The van der Waals surface area contributed by atoms with E-state index in [1.807, 2.05) is 6.07 Å². The molecule has 1 aromatic rings. The van der Waals surface area contributed by atoms with E-state index in [2.05, 4.69) is 10.6 Å². The van der Waals surface area contributed by atoms with Crippen LogP contribution in [0.15, 0.2) is 18.2 Å². The van der Waals surface area contributed by atoms with E-state index in [0.29, 0.717) is 18.0 Å². The van der Waals surface area contributed by atoms with E-state index in [4.69, 9.17) is 14.6 Å². The van der Waals surface area contributed by atoms with Gasteiger partial charge in [-0.15, -0.1) is 0 Å². The maximum atomic E-state index is 11.6. The van der Waals surface area contributed by atoms with Crippen molar-refractivity contribution >= 4 is 12.0 Å². The van der Waals surface area contributed by atoms with Crippen LogP contribution in [0.1, 0.15) is 18.9 Å². The predicted octanol–water partition coefficient (Wildman–Crippen LogP) is 1.08. The van der Waals surface area contributed by atoms with Crippen molar-refractivity contribution in [1.29, 1.82) is 0 Å². The zero-order valence-corrected chi connectivity index (χ0v) is 11.0. The standard InChI is InChI=1S/C13H16N2O5/c1-8(4-12(16)17)15-13(18)14-6-9-2-3-10-11(5-9)20-7-19-10/h2-3,5,8H,4,6-7H2,1H3,(H,16,17)(H2,14,15,18). The number of carboxylic acid groups (broad SMARTS) is 1. The van der Waals surface area contributed by atoms with Gasteiger partial charge < -0.3 is 25.2 Å². The molecule has 1 aliphatic rings. The second-order valence-corrected chi connectivity index (χ2v) is 4.51. The third-order valence-electron chi connectivity index (χ3n) is 2.75. The summed E-state index contributed by atoms with van der Waals surface area (Å²) in [7, 11) is 0. The number of carbonyl (C=O) groups is 2. The van der Waals surface area contributed by atoms with Crippen LogP contribution in [0.4, 0.5) is 4.79 Å². The highest BCUT2D eigenvalue weighted by Crippen LogP contribution is 2.32. The number of benzene rings is 1. The number of urea groups is 1. The summed E-state index contributed by atoms with van der Waals surface area (Å²) >= 11 is 0. The Balaban J connectivity index is 1.80. The van der Waals surface area contributed by atoms with Gasteiger partial charge in [-0.25, -0.2) is 4.79 Å². The van der Waals surface area contributed by atoms with E-state index >= 15 is 0 Å². The first-order valence-corrected chi connectivity index (χ1v) is 6.19. The molecule has 2 rings (SSSR count). The van der Waals surface area contributed by atoms with Gasteiger partial charge in [0.05, 0.1) is 6.42 Å². The van der Waals surface area contributed by atoms with Crippen molar-refractivity contribution in [3.8, 4) is 11.5 Å². The molecule has 7 heteroatoms. The van der Waals surface area contributed by atoms with Crippen LogP contribution in [0, 0.1) is 0 Å². The maximum absolute atomic E-state index is 11.6. The first-order valence-electron chi connectivity index (χ1n) is 6.19. The largest absolute Gasteiger partial charge is 0.481 e. The fourth-order valence-electron chi connectivity index (χ4n) is 1.82. The zero-order chi connectivity index (χ0) is 14.5. The smallest absolute Gasteiger partial charge is 0.315 e. The molecule has 20 heavy (non-hydrogen) atoms. The minimum Gasteiger partial charge on any atom is -0.481 e. The van der Waals surface area contributed by atoms with Gasteiger partial charge in [-0.3, -0.25) is 4.79 Å². The SMILES string of the molecule is CC(CC(=O)O)NC(=O)NCc1ccc2c(c1)OCO2. The van der Waals surface area contributed by atoms with Crippen molar-refractivity contribution in [1.82, 2.24) is 10.6 Å². The molecule has 1 heterocycles. The topological polar surface area (TPSA) is 96.9 Å². The number of hydrogen-bond acceptors (Lipinski definition) is 4.